The molecule has 0 saturated heterocycles. The van der Waals surface area contributed by atoms with Crippen molar-refractivity contribution < 1.29 is 34.8 Å². The van der Waals surface area contributed by atoms with Crippen LogP contribution < -0.4 is 0 Å². The molecule has 0 rings (SSSR count). The Morgan fingerprint density at radius 1 is 1.05 bits per heavy atom. The van der Waals surface area contributed by atoms with Crippen LogP contribution in [-0.2, 0) is 10.0 Å². The van der Waals surface area contributed by atoms with Gasteiger partial charge in [0, 0.05) is 0 Å². The van der Waals surface area contributed by atoms with Gasteiger partial charge in [-0.3, -0.25) is 0 Å². The Bertz CT molecular complexity index is 442. The Balaban J connectivity index is 6.06. The lowest BCUT2D eigenvalue weighted by Gasteiger charge is -2.35. The molecule has 0 aliphatic heterocycles. The molecule has 0 spiro atoms. The maximum Gasteiger partial charge on any atom is 0.512 e. The van der Waals surface area contributed by atoms with Crippen molar-refractivity contribution in [3.63, 3.8) is 0 Å². The summed E-state index contributed by atoms with van der Waals surface area (Å²) in [5, 5.41) is 2.20. The summed E-state index contributed by atoms with van der Waals surface area (Å²) >= 11 is -1.55. The molecule has 20 heavy (non-hydrogen) atoms. The zero-order valence-corrected chi connectivity index (χ0v) is 11.8. The third-order valence-corrected chi connectivity index (χ3v) is 5.23. The van der Waals surface area contributed by atoms with E-state index in [-0.39, 0.29) is 0 Å². The highest BCUT2D eigenvalue weighted by Crippen LogP contribution is 2.46. The van der Waals surface area contributed by atoms with E-state index >= 15 is 0 Å². The fraction of sp³-hybridized carbons (Fsp3) is 1.00. The van der Waals surface area contributed by atoms with Crippen LogP contribution in [0, 0.1) is 4.91 Å². The normalized spacial score (nSPS) is 14.7. The van der Waals surface area contributed by atoms with Gasteiger partial charge in [0.2, 0.25) is 0 Å². The van der Waals surface area contributed by atoms with Crippen molar-refractivity contribution in [2.24, 2.45) is 5.18 Å². The SMILES string of the molecule is CCC(CC)(N=O)N(SC(F)(F)F)S(=O)(=O)C(F)(F)F. The average molecular weight is 348 g/mol. The molecule has 120 valence electrons. The first-order valence-corrected chi connectivity index (χ1v) is 7.21. The Morgan fingerprint density at radius 3 is 1.65 bits per heavy atom. The number of hydrogen-bond donors (Lipinski definition) is 0. The van der Waals surface area contributed by atoms with Crippen molar-refractivity contribution >= 4 is 22.0 Å². The third-order valence-electron chi connectivity index (χ3n) is 2.34. The fourth-order valence-corrected chi connectivity index (χ4v) is 3.69. The highest BCUT2D eigenvalue weighted by molar-refractivity contribution is 8.09. The van der Waals surface area contributed by atoms with E-state index in [1.165, 1.54) is 0 Å². The van der Waals surface area contributed by atoms with E-state index in [2.05, 4.69) is 5.18 Å². The second kappa shape index (κ2) is 6.05. The smallest absolute Gasteiger partial charge is 0.202 e. The van der Waals surface area contributed by atoms with Gasteiger partial charge in [-0.25, -0.2) is 8.42 Å². The maximum atomic E-state index is 12.4. The molecule has 0 bridgehead atoms. The molecular formula is C7H10F6N2O3S2. The van der Waals surface area contributed by atoms with Gasteiger partial charge in [-0.15, -0.1) is 4.91 Å². The summed E-state index contributed by atoms with van der Waals surface area (Å²) in [7, 11) is -6.38. The van der Waals surface area contributed by atoms with E-state index in [0.29, 0.717) is 0 Å². The summed E-state index contributed by atoms with van der Waals surface area (Å²) in [5.74, 6) is 0. The molecule has 0 aromatic rings. The van der Waals surface area contributed by atoms with Crippen molar-refractivity contribution in [2.75, 3.05) is 0 Å². The zero-order valence-electron chi connectivity index (χ0n) is 10.1. The molecule has 0 aromatic carbocycles. The van der Waals surface area contributed by atoms with Crippen molar-refractivity contribution in [2.45, 2.75) is 43.4 Å². The van der Waals surface area contributed by atoms with Crippen molar-refractivity contribution in [1.29, 1.82) is 0 Å². The zero-order chi connectivity index (χ0) is 16.4. The molecule has 0 atom stereocenters. The van der Waals surface area contributed by atoms with Gasteiger partial charge in [-0.05, 0) is 18.0 Å². The third kappa shape index (κ3) is 3.97. The quantitative estimate of drug-likeness (QED) is 0.418. The standard InChI is InChI=1S/C7H10F6N2O3S2/c1-3-5(4-2,14-16)15(19-6(8,9)10)20(17,18)7(11,12)13/h3-4H2,1-2H3. The summed E-state index contributed by atoms with van der Waals surface area (Å²) in [6.07, 6.45) is -1.29. The van der Waals surface area contributed by atoms with Crippen LogP contribution in [0.4, 0.5) is 26.3 Å². The minimum absolute atomic E-state index is 0.647. The molecule has 0 aliphatic carbocycles. The summed E-state index contributed by atoms with van der Waals surface area (Å²) in [4.78, 5) is 10.7. The van der Waals surface area contributed by atoms with E-state index < -0.39 is 55.2 Å². The lowest BCUT2D eigenvalue weighted by atomic mass is 10.1. The molecule has 0 fully saturated rings. The highest BCUT2D eigenvalue weighted by Gasteiger charge is 2.60. The van der Waals surface area contributed by atoms with E-state index in [0.717, 1.165) is 13.8 Å². The van der Waals surface area contributed by atoms with Gasteiger partial charge in [0.05, 0.1) is 11.9 Å². The summed E-state index contributed by atoms with van der Waals surface area (Å²) in [6.45, 7) is 2.11. The predicted octanol–water partition coefficient (Wildman–Crippen LogP) is 3.59. The number of alkyl halides is 6. The molecule has 5 nitrogen and oxygen atoms in total. The van der Waals surface area contributed by atoms with Gasteiger partial charge in [-0.2, -0.15) is 26.3 Å². The molecule has 0 unspecified atom stereocenters. The Labute approximate surface area is 114 Å². The number of rotatable bonds is 6. The lowest BCUT2D eigenvalue weighted by molar-refractivity contribution is -0.0514. The first-order chi connectivity index (χ1) is 8.77. The van der Waals surface area contributed by atoms with Crippen LogP contribution in [0.25, 0.3) is 0 Å². The molecule has 0 aliphatic rings. The molecule has 0 aromatic heterocycles. The lowest BCUT2D eigenvalue weighted by Crippen LogP contribution is -2.51. The van der Waals surface area contributed by atoms with Crippen molar-refractivity contribution in [3.05, 3.63) is 4.91 Å². The Kier molecular flexibility index (Phi) is 5.88. The number of halogens is 6. The molecule has 13 heteroatoms. The van der Waals surface area contributed by atoms with E-state index in [1.807, 2.05) is 0 Å². The molecule has 0 heterocycles. The van der Waals surface area contributed by atoms with Gasteiger partial charge < -0.3 is 0 Å². The Morgan fingerprint density at radius 2 is 1.45 bits per heavy atom. The topological polar surface area (TPSA) is 66.8 Å². The highest BCUT2D eigenvalue weighted by atomic mass is 32.3. The molecule has 0 N–H and O–H groups in total. The number of nitrogens with zero attached hydrogens (tertiary/aromatic N) is 2. The minimum atomic E-state index is -6.38. The summed E-state index contributed by atoms with van der Waals surface area (Å²) in [5.41, 5.74) is -14.0. The first kappa shape index (κ1) is 19.4. The largest absolute Gasteiger partial charge is 0.512 e. The van der Waals surface area contributed by atoms with E-state index in [9.17, 15) is 39.7 Å². The molecular weight excluding hydrogens is 338 g/mol. The number of hydrogen-bond acceptors (Lipinski definition) is 5. The van der Waals surface area contributed by atoms with Crippen LogP contribution in [0.5, 0.6) is 0 Å². The summed E-state index contributed by atoms with van der Waals surface area (Å²) in [6, 6.07) is 0. The van der Waals surface area contributed by atoms with Gasteiger partial charge in [0.1, 0.15) is 0 Å². The van der Waals surface area contributed by atoms with Crippen LogP contribution in [0.15, 0.2) is 5.18 Å². The van der Waals surface area contributed by atoms with Gasteiger partial charge >= 0.3 is 21.0 Å². The van der Waals surface area contributed by atoms with Crippen LogP contribution in [-0.4, -0.2) is 28.8 Å². The van der Waals surface area contributed by atoms with Crippen molar-refractivity contribution in [3.8, 4) is 0 Å². The number of nitroso groups, excluding NO2 is 1. The van der Waals surface area contributed by atoms with Gasteiger partial charge in [0.25, 0.3) is 0 Å². The van der Waals surface area contributed by atoms with E-state index in [4.69, 9.17) is 0 Å². The van der Waals surface area contributed by atoms with Crippen LogP contribution in [0.1, 0.15) is 26.7 Å². The molecule has 0 saturated carbocycles. The Hall–Kier alpha value is -0.560. The van der Waals surface area contributed by atoms with Gasteiger partial charge in [-0.1, -0.05) is 17.6 Å². The van der Waals surface area contributed by atoms with Gasteiger partial charge in [0.15, 0.2) is 5.66 Å². The number of sulfonamides is 1. The first-order valence-electron chi connectivity index (χ1n) is 4.99. The predicted molar refractivity (Wildman–Crippen MR) is 59.6 cm³/mol. The maximum absolute atomic E-state index is 12.4. The monoisotopic (exact) mass is 348 g/mol. The minimum Gasteiger partial charge on any atom is -0.202 e. The van der Waals surface area contributed by atoms with Crippen molar-refractivity contribution in [1.82, 2.24) is 3.71 Å². The fourth-order valence-electron chi connectivity index (χ4n) is 1.22. The molecule has 0 amide bonds. The average Bonchev–Trinajstić information content (AvgIpc) is 2.27. The van der Waals surface area contributed by atoms with Crippen LogP contribution >= 0.6 is 11.9 Å². The summed E-state index contributed by atoms with van der Waals surface area (Å²) < 4.78 is 95.7. The second-order valence-electron chi connectivity index (χ2n) is 3.50. The van der Waals surface area contributed by atoms with Crippen LogP contribution in [0.2, 0.25) is 0 Å². The van der Waals surface area contributed by atoms with E-state index in [1.54, 1.807) is 0 Å². The van der Waals surface area contributed by atoms with Crippen LogP contribution in [0.3, 0.4) is 0 Å². The molecule has 0 radical (unpaired) electrons. The second-order valence-corrected chi connectivity index (χ2v) is 6.52.